The zero-order chi connectivity index (χ0) is 9.47. The van der Waals surface area contributed by atoms with Crippen molar-refractivity contribution in [1.82, 2.24) is 5.32 Å². The molecule has 2 unspecified atom stereocenters. The van der Waals surface area contributed by atoms with Gasteiger partial charge in [0.2, 0.25) is 5.91 Å². The van der Waals surface area contributed by atoms with E-state index in [1.54, 1.807) is 6.92 Å². The molecule has 0 saturated heterocycles. The summed E-state index contributed by atoms with van der Waals surface area (Å²) in [7, 11) is 0. The van der Waals surface area contributed by atoms with Gasteiger partial charge in [-0.3, -0.25) is 4.79 Å². The lowest BCUT2D eigenvalue weighted by Gasteiger charge is -2.11. The average molecular weight is 182 g/mol. The van der Waals surface area contributed by atoms with Crippen LogP contribution < -0.4 is 11.1 Å². The highest BCUT2D eigenvalue weighted by Crippen LogP contribution is 2.57. The lowest BCUT2D eigenvalue weighted by Crippen LogP contribution is -2.40. The summed E-state index contributed by atoms with van der Waals surface area (Å²) in [6, 6.07) is 0.0764. The molecule has 2 aliphatic carbocycles. The van der Waals surface area contributed by atoms with Crippen molar-refractivity contribution in [3.05, 3.63) is 0 Å². The van der Waals surface area contributed by atoms with Gasteiger partial charge in [-0.1, -0.05) is 12.8 Å². The lowest BCUT2D eigenvalue weighted by molar-refractivity contribution is -0.122. The summed E-state index contributed by atoms with van der Waals surface area (Å²) in [5.74, 6) is 0.00812. The summed E-state index contributed by atoms with van der Waals surface area (Å²) in [6.07, 6.45) is 6.47. The second kappa shape index (κ2) is 2.98. The fraction of sp³-hybridized carbons (Fsp3) is 0.900. The Bertz CT molecular complexity index is 219. The van der Waals surface area contributed by atoms with E-state index < -0.39 is 0 Å². The van der Waals surface area contributed by atoms with Crippen LogP contribution in [0, 0.1) is 5.41 Å². The van der Waals surface area contributed by atoms with Gasteiger partial charge in [0.15, 0.2) is 0 Å². The number of rotatable bonds is 2. The molecule has 13 heavy (non-hydrogen) atoms. The number of nitrogens with one attached hydrogen (secondary N) is 1. The third-order valence-electron chi connectivity index (χ3n) is 3.52. The van der Waals surface area contributed by atoms with Gasteiger partial charge in [-0.2, -0.15) is 0 Å². The molecule has 1 amide bonds. The van der Waals surface area contributed by atoms with Crippen LogP contribution in [0.15, 0.2) is 0 Å². The van der Waals surface area contributed by atoms with Crippen LogP contribution in [0.4, 0.5) is 0 Å². The van der Waals surface area contributed by atoms with Crippen LogP contribution in [0.1, 0.15) is 39.0 Å². The van der Waals surface area contributed by atoms with Crippen molar-refractivity contribution < 1.29 is 4.79 Å². The van der Waals surface area contributed by atoms with Crippen LogP contribution >= 0.6 is 0 Å². The van der Waals surface area contributed by atoms with Gasteiger partial charge >= 0.3 is 0 Å². The van der Waals surface area contributed by atoms with Gasteiger partial charge in [-0.05, 0) is 31.6 Å². The predicted molar refractivity (Wildman–Crippen MR) is 51.1 cm³/mol. The fourth-order valence-electron chi connectivity index (χ4n) is 2.49. The summed E-state index contributed by atoms with van der Waals surface area (Å²) in [5.41, 5.74) is 5.98. The topological polar surface area (TPSA) is 55.1 Å². The predicted octanol–water partition coefficient (Wildman–Crippen LogP) is 0.782. The van der Waals surface area contributed by atoms with Crippen LogP contribution in [0.2, 0.25) is 0 Å². The summed E-state index contributed by atoms with van der Waals surface area (Å²) in [6.45, 7) is 1.74. The molecule has 0 bridgehead atoms. The Hall–Kier alpha value is -0.570. The van der Waals surface area contributed by atoms with Gasteiger partial charge in [0.25, 0.3) is 0 Å². The van der Waals surface area contributed by atoms with E-state index in [-0.39, 0.29) is 11.9 Å². The second-order valence-corrected chi connectivity index (χ2v) is 4.62. The van der Waals surface area contributed by atoms with Crippen molar-refractivity contribution in [2.45, 2.75) is 51.1 Å². The molecule has 0 aromatic heterocycles. The second-order valence-electron chi connectivity index (χ2n) is 4.62. The standard InChI is InChI=1S/C10H18N2O/c1-7(11)9(13)12-8-6-10(8)4-2-3-5-10/h7-8H,2-6,11H2,1H3,(H,12,13). The highest BCUT2D eigenvalue weighted by Gasteiger charge is 2.55. The van der Waals surface area contributed by atoms with Crippen molar-refractivity contribution in [1.29, 1.82) is 0 Å². The van der Waals surface area contributed by atoms with Crippen molar-refractivity contribution in [2.24, 2.45) is 11.1 Å². The Kier molecular flexibility index (Phi) is 2.06. The summed E-state index contributed by atoms with van der Waals surface area (Å²) >= 11 is 0. The molecule has 0 aromatic carbocycles. The molecule has 0 radical (unpaired) electrons. The fourth-order valence-corrected chi connectivity index (χ4v) is 2.49. The summed E-state index contributed by atoms with van der Waals surface area (Å²) in [5, 5.41) is 3.02. The third kappa shape index (κ3) is 1.57. The molecule has 2 aliphatic rings. The first-order chi connectivity index (χ1) is 6.14. The van der Waals surface area contributed by atoms with E-state index in [1.165, 1.54) is 32.1 Å². The Morgan fingerprint density at radius 2 is 2.15 bits per heavy atom. The van der Waals surface area contributed by atoms with Crippen molar-refractivity contribution in [3.63, 3.8) is 0 Å². The van der Waals surface area contributed by atoms with Crippen LogP contribution in [0.3, 0.4) is 0 Å². The highest BCUT2D eigenvalue weighted by atomic mass is 16.2. The monoisotopic (exact) mass is 182 g/mol. The molecule has 0 heterocycles. The molecular formula is C10H18N2O. The molecule has 2 saturated carbocycles. The molecule has 3 heteroatoms. The van der Waals surface area contributed by atoms with E-state index in [1.807, 2.05) is 0 Å². The molecular weight excluding hydrogens is 164 g/mol. The normalized spacial score (nSPS) is 31.7. The van der Waals surface area contributed by atoms with E-state index in [9.17, 15) is 4.79 Å². The van der Waals surface area contributed by atoms with E-state index in [2.05, 4.69) is 5.32 Å². The maximum absolute atomic E-state index is 11.3. The van der Waals surface area contributed by atoms with E-state index in [4.69, 9.17) is 5.73 Å². The first-order valence-electron chi connectivity index (χ1n) is 5.20. The number of amides is 1. The lowest BCUT2D eigenvalue weighted by atomic mass is 10.1. The summed E-state index contributed by atoms with van der Waals surface area (Å²) in [4.78, 5) is 11.3. The SMILES string of the molecule is CC(N)C(=O)NC1CC12CCCC2. The molecule has 1 spiro atoms. The molecule has 0 aliphatic heterocycles. The van der Waals surface area contributed by atoms with Crippen molar-refractivity contribution in [3.8, 4) is 0 Å². The van der Waals surface area contributed by atoms with Gasteiger partial charge in [0.05, 0.1) is 6.04 Å². The maximum atomic E-state index is 11.3. The van der Waals surface area contributed by atoms with E-state index in [0.29, 0.717) is 11.5 Å². The first-order valence-corrected chi connectivity index (χ1v) is 5.20. The zero-order valence-corrected chi connectivity index (χ0v) is 8.18. The number of hydrogen-bond donors (Lipinski definition) is 2. The summed E-state index contributed by atoms with van der Waals surface area (Å²) < 4.78 is 0. The van der Waals surface area contributed by atoms with Crippen molar-refractivity contribution in [2.75, 3.05) is 0 Å². The third-order valence-corrected chi connectivity index (χ3v) is 3.52. The Balaban J connectivity index is 1.83. The van der Waals surface area contributed by atoms with Gasteiger partial charge in [0, 0.05) is 6.04 Å². The largest absolute Gasteiger partial charge is 0.351 e. The number of carbonyl (C=O) groups is 1. The van der Waals surface area contributed by atoms with Gasteiger partial charge < -0.3 is 11.1 Å². The van der Waals surface area contributed by atoms with Crippen LogP contribution in [0.5, 0.6) is 0 Å². The molecule has 3 N–H and O–H groups in total. The Labute approximate surface area is 79.1 Å². The van der Waals surface area contributed by atoms with Crippen LogP contribution in [-0.2, 0) is 4.79 Å². The zero-order valence-electron chi connectivity index (χ0n) is 8.18. The molecule has 2 rings (SSSR count). The molecule has 0 aromatic rings. The number of carbonyl (C=O) groups excluding carboxylic acids is 1. The molecule has 2 fully saturated rings. The van der Waals surface area contributed by atoms with Crippen LogP contribution in [0.25, 0.3) is 0 Å². The minimum Gasteiger partial charge on any atom is -0.351 e. The van der Waals surface area contributed by atoms with Gasteiger partial charge in [-0.25, -0.2) is 0 Å². The Morgan fingerprint density at radius 1 is 1.54 bits per heavy atom. The van der Waals surface area contributed by atoms with Gasteiger partial charge in [0.1, 0.15) is 0 Å². The van der Waals surface area contributed by atoms with Crippen molar-refractivity contribution >= 4 is 5.91 Å². The maximum Gasteiger partial charge on any atom is 0.236 e. The molecule has 3 nitrogen and oxygen atoms in total. The van der Waals surface area contributed by atoms with E-state index >= 15 is 0 Å². The van der Waals surface area contributed by atoms with Crippen LogP contribution in [-0.4, -0.2) is 18.0 Å². The number of hydrogen-bond acceptors (Lipinski definition) is 2. The quantitative estimate of drug-likeness (QED) is 0.663. The smallest absolute Gasteiger partial charge is 0.236 e. The number of nitrogens with two attached hydrogens (primary N) is 1. The molecule has 74 valence electrons. The average Bonchev–Trinajstić information content (AvgIpc) is 2.54. The van der Waals surface area contributed by atoms with Gasteiger partial charge in [-0.15, -0.1) is 0 Å². The highest BCUT2D eigenvalue weighted by molar-refractivity contribution is 5.81. The first kappa shape index (κ1) is 9.00. The molecule has 2 atom stereocenters. The minimum atomic E-state index is -0.362. The Morgan fingerprint density at radius 3 is 2.69 bits per heavy atom. The minimum absolute atomic E-state index is 0.00812. The van der Waals surface area contributed by atoms with E-state index in [0.717, 1.165) is 0 Å².